The van der Waals surface area contributed by atoms with E-state index in [1.807, 2.05) is 12.1 Å². The second-order valence-corrected chi connectivity index (χ2v) is 4.14. The maximum Gasteiger partial charge on any atom is 0.347 e. The molecule has 1 N–H and O–H groups in total. The van der Waals surface area contributed by atoms with Crippen LogP contribution in [0.4, 0.5) is 0 Å². The molecule has 0 saturated carbocycles. The van der Waals surface area contributed by atoms with Crippen molar-refractivity contribution in [3.8, 4) is 5.75 Å². The summed E-state index contributed by atoms with van der Waals surface area (Å²) in [7, 11) is 0. The number of ether oxygens (including phenoxy) is 1. The molecule has 2 aromatic carbocycles. The molecule has 0 amide bonds. The van der Waals surface area contributed by atoms with E-state index in [0.717, 1.165) is 0 Å². The van der Waals surface area contributed by atoms with Gasteiger partial charge in [0.05, 0.1) is 0 Å². The van der Waals surface area contributed by atoms with Crippen LogP contribution in [-0.4, -0.2) is 11.1 Å². The number of aliphatic hydroxyl groups is 1. The Kier molecular flexibility index (Phi) is 3.44. The van der Waals surface area contributed by atoms with Gasteiger partial charge in [-0.1, -0.05) is 48.5 Å². The third kappa shape index (κ3) is 2.57. The van der Waals surface area contributed by atoms with Crippen LogP contribution in [0, 0.1) is 0 Å². The quantitative estimate of drug-likeness (QED) is 0.664. The lowest BCUT2D eigenvalue weighted by Crippen LogP contribution is -2.36. The Morgan fingerprint density at radius 1 is 1.00 bits per heavy atom. The number of esters is 1. The van der Waals surface area contributed by atoms with Gasteiger partial charge in [-0.2, -0.15) is 0 Å². The number of carbonyl (C=O) groups is 1. The molecular formula is C15H14O3. The molecule has 0 saturated heterocycles. The molecule has 2 rings (SSSR count). The highest BCUT2D eigenvalue weighted by Gasteiger charge is 2.34. The zero-order valence-electron chi connectivity index (χ0n) is 10.0. The van der Waals surface area contributed by atoms with Gasteiger partial charge in [-0.3, -0.25) is 0 Å². The van der Waals surface area contributed by atoms with Crippen molar-refractivity contribution in [1.29, 1.82) is 0 Å². The van der Waals surface area contributed by atoms with Crippen molar-refractivity contribution in [2.45, 2.75) is 12.5 Å². The Hall–Kier alpha value is -2.13. The summed E-state index contributed by atoms with van der Waals surface area (Å²) >= 11 is 0. The summed E-state index contributed by atoms with van der Waals surface area (Å²) in [5.74, 6) is -0.279. The minimum Gasteiger partial charge on any atom is -0.424 e. The van der Waals surface area contributed by atoms with Gasteiger partial charge in [0, 0.05) is 0 Å². The highest BCUT2D eigenvalue weighted by atomic mass is 16.6. The maximum absolute atomic E-state index is 12.0. The van der Waals surface area contributed by atoms with Crippen LogP contribution in [-0.2, 0) is 10.4 Å². The van der Waals surface area contributed by atoms with E-state index in [1.54, 1.807) is 48.5 Å². The normalized spacial score (nSPS) is 13.7. The van der Waals surface area contributed by atoms with Crippen LogP contribution < -0.4 is 4.74 Å². The van der Waals surface area contributed by atoms with E-state index in [4.69, 9.17) is 4.74 Å². The molecule has 92 valence electrons. The Morgan fingerprint density at radius 3 is 2.06 bits per heavy atom. The Labute approximate surface area is 106 Å². The molecule has 0 aliphatic carbocycles. The van der Waals surface area contributed by atoms with Gasteiger partial charge in [-0.05, 0) is 24.6 Å². The molecular weight excluding hydrogens is 228 g/mol. The first kappa shape index (κ1) is 12.3. The van der Waals surface area contributed by atoms with E-state index < -0.39 is 11.6 Å². The molecule has 0 spiro atoms. The van der Waals surface area contributed by atoms with Crippen molar-refractivity contribution in [2.75, 3.05) is 0 Å². The van der Waals surface area contributed by atoms with Crippen molar-refractivity contribution in [2.24, 2.45) is 0 Å². The average molecular weight is 242 g/mol. The van der Waals surface area contributed by atoms with Gasteiger partial charge in [-0.15, -0.1) is 0 Å². The molecule has 0 radical (unpaired) electrons. The summed E-state index contributed by atoms with van der Waals surface area (Å²) < 4.78 is 5.14. The largest absolute Gasteiger partial charge is 0.424 e. The van der Waals surface area contributed by atoms with Gasteiger partial charge < -0.3 is 9.84 Å². The van der Waals surface area contributed by atoms with E-state index in [2.05, 4.69) is 0 Å². The number of hydrogen-bond donors (Lipinski definition) is 1. The predicted molar refractivity (Wildman–Crippen MR) is 68.1 cm³/mol. The number of benzene rings is 2. The van der Waals surface area contributed by atoms with Crippen LogP contribution in [0.25, 0.3) is 0 Å². The van der Waals surface area contributed by atoms with Crippen molar-refractivity contribution in [3.05, 3.63) is 66.2 Å². The summed E-state index contributed by atoms with van der Waals surface area (Å²) in [6.45, 7) is 1.42. The van der Waals surface area contributed by atoms with Crippen LogP contribution in [0.5, 0.6) is 5.75 Å². The van der Waals surface area contributed by atoms with E-state index in [-0.39, 0.29) is 0 Å². The number of para-hydroxylation sites is 1. The third-order valence-corrected chi connectivity index (χ3v) is 2.69. The van der Waals surface area contributed by atoms with Crippen LogP contribution in [0.1, 0.15) is 12.5 Å². The average Bonchev–Trinajstić information content (AvgIpc) is 2.41. The molecule has 0 fully saturated rings. The van der Waals surface area contributed by atoms with Crippen molar-refractivity contribution < 1.29 is 14.6 Å². The minimum atomic E-state index is -1.66. The molecule has 0 heterocycles. The van der Waals surface area contributed by atoms with E-state index in [1.165, 1.54) is 6.92 Å². The fourth-order valence-corrected chi connectivity index (χ4v) is 1.58. The van der Waals surface area contributed by atoms with E-state index in [9.17, 15) is 9.90 Å². The summed E-state index contributed by atoms with van der Waals surface area (Å²) in [6, 6.07) is 17.4. The second-order valence-electron chi connectivity index (χ2n) is 4.14. The van der Waals surface area contributed by atoms with E-state index >= 15 is 0 Å². The van der Waals surface area contributed by atoms with Crippen LogP contribution in [0.15, 0.2) is 60.7 Å². The molecule has 0 aromatic heterocycles. The van der Waals surface area contributed by atoms with Gasteiger partial charge in [0.1, 0.15) is 5.75 Å². The van der Waals surface area contributed by atoms with Gasteiger partial charge in [0.2, 0.25) is 0 Å². The van der Waals surface area contributed by atoms with Crippen molar-refractivity contribution >= 4 is 5.97 Å². The highest BCUT2D eigenvalue weighted by Crippen LogP contribution is 2.23. The minimum absolute atomic E-state index is 0.415. The Balaban J connectivity index is 2.18. The molecule has 18 heavy (non-hydrogen) atoms. The van der Waals surface area contributed by atoms with Gasteiger partial charge in [0.25, 0.3) is 0 Å². The van der Waals surface area contributed by atoms with Crippen LogP contribution in [0.3, 0.4) is 0 Å². The third-order valence-electron chi connectivity index (χ3n) is 2.69. The Morgan fingerprint density at radius 2 is 1.50 bits per heavy atom. The summed E-state index contributed by atoms with van der Waals surface area (Å²) in [4.78, 5) is 12.0. The summed E-state index contributed by atoms with van der Waals surface area (Å²) in [6.07, 6.45) is 0. The number of hydrogen-bond acceptors (Lipinski definition) is 3. The van der Waals surface area contributed by atoms with Crippen molar-refractivity contribution in [3.63, 3.8) is 0 Å². The summed E-state index contributed by atoms with van der Waals surface area (Å²) in [5.41, 5.74) is -1.15. The lowest BCUT2D eigenvalue weighted by Gasteiger charge is -2.21. The highest BCUT2D eigenvalue weighted by molar-refractivity contribution is 5.82. The Bertz CT molecular complexity index is 518. The molecule has 1 atom stereocenters. The molecule has 2 aromatic rings. The number of rotatable bonds is 3. The molecule has 3 heteroatoms. The van der Waals surface area contributed by atoms with Gasteiger partial charge in [-0.25, -0.2) is 4.79 Å². The molecule has 0 aliphatic rings. The van der Waals surface area contributed by atoms with E-state index in [0.29, 0.717) is 11.3 Å². The first-order valence-corrected chi connectivity index (χ1v) is 5.66. The maximum atomic E-state index is 12.0. The zero-order valence-corrected chi connectivity index (χ0v) is 10.0. The molecule has 3 nitrogen and oxygen atoms in total. The topological polar surface area (TPSA) is 46.5 Å². The fraction of sp³-hybridized carbons (Fsp3) is 0.133. The SMILES string of the molecule is C[C@@](O)(C(=O)Oc1ccccc1)c1ccccc1. The second kappa shape index (κ2) is 5.02. The van der Waals surface area contributed by atoms with Crippen molar-refractivity contribution in [1.82, 2.24) is 0 Å². The molecule has 0 bridgehead atoms. The van der Waals surface area contributed by atoms with Gasteiger partial charge in [0.15, 0.2) is 5.60 Å². The van der Waals surface area contributed by atoms with Crippen LogP contribution in [0.2, 0.25) is 0 Å². The first-order chi connectivity index (χ1) is 8.60. The lowest BCUT2D eigenvalue weighted by molar-refractivity contribution is -0.154. The number of carbonyl (C=O) groups excluding carboxylic acids is 1. The summed E-state index contributed by atoms with van der Waals surface area (Å²) in [5, 5.41) is 10.2. The smallest absolute Gasteiger partial charge is 0.347 e. The van der Waals surface area contributed by atoms with Crippen LogP contribution >= 0.6 is 0 Å². The lowest BCUT2D eigenvalue weighted by atomic mass is 9.96. The molecule has 0 aliphatic heterocycles. The zero-order chi connectivity index (χ0) is 13.0. The predicted octanol–water partition coefficient (Wildman–Crippen LogP) is 2.50. The first-order valence-electron chi connectivity index (χ1n) is 5.66. The molecule has 0 unspecified atom stereocenters. The van der Waals surface area contributed by atoms with Gasteiger partial charge >= 0.3 is 5.97 Å². The fourth-order valence-electron chi connectivity index (χ4n) is 1.58. The monoisotopic (exact) mass is 242 g/mol. The standard InChI is InChI=1S/C15H14O3/c1-15(17,12-8-4-2-5-9-12)14(16)18-13-10-6-3-7-11-13/h2-11,17H,1H3/t15-/m0/s1.